The van der Waals surface area contributed by atoms with E-state index in [1.165, 1.54) is 30.4 Å². The van der Waals surface area contributed by atoms with E-state index in [1.807, 2.05) is 0 Å². The van der Waals surface area contributed by atoms with Crippen molar-refractivity contribution in [1.82, 2.24) is 4.98 Å². The number of piperidine rings is 1. The van der Waals surface area contributed by atoms with Gasteiger partial charge in [0.1, 0.15) is 0 Å². The summed E-state index contributed by atoms with van der Waals surface area (Å²) in [4.78, 5) is 19.9. The first-order chi connectivity index (χ1) is 12.4. The number of amides is 1. The molecule has 4 nitrogen and oxygen atoms in total. The molecule has 0 spiro atoms. The number of hydrogen-bond donors (Lipinski definition) is 0. The first-order valence-electron chi connectivity index (χ1n) is 8.52. The first-order valence-corrected chi connectivity index (χ1v) is 8.52. The van der Waals surface area contributed by atoms with Crippen LogP contribution in [0.1, 0.15) is 35.2 Å². The third-order valence-electron chi connectivity index (χ3n) is 4.59. The van der Waals surface area contributed by atoms with Gasteiger partial charge in [0.2, 0.25) is 0 Å². The molecule has 0 bridgehead atoms. The fourth-order valence-corrected chi connectivity index (χ4v) is 3.17. The highest BCUT2D eigenvalue weighted by Gasteiger charge is 2.32. The lowest BCUT2D eigenvalue weighted by atomic mass is 10.1. The fourth-order valence-electron chi connectivity index (χ4n) is 3.17. The van der Waals surface area contributed by atoms with Crippen molar-refractivity contribution in [3.05, 3.63) is 53.9 Å². The standard InChI is InChI=1S/C19H20F3N3O/c1-24(18(26)14-7-9-23-10-8-14)17-13-15(19(20,21)22)5-6-16(17)25-11-3-2-4-12-25/h5-10,13H,2-4,11-12H2,1H3. The van der Waals surface area contributed by atoms with E-state index in [0.29, 0.717) is 11.3 Å². The molecule has 1 fully saturated rings. The summed E-state index contributed by atoms with van der Waals surface area (Å²) in [5.74, 6) is -0.370. The minimum atomic E-state index is -4.46. The highest BCUT2D eigenvalue weighted by Crippen LogP contribution is 2.38. The summed E-state index contributed by atoms with van der Waals surface area (Å²) >= 11 is 0. The number of carbonyl (C=O) groups is 1. The van der Waals surface area contributed by atoms with Crippen LogP contribution in [0.4, 0.5) is 24.5 Å². The number of nitrogens with zero attached hydrogens (tertiary/aromatic N) is 3. The molecular formula is C19H20F3N3O. The van der Waals surface area contributed by atoms with Crippen LogP contribution in [0.2, 0.25) is 0 Å². The lowest BCUT2D eigenvalue weighted by Gasteiger charge is -2.33. The van der Waals surface area contributed by atoms with Crippen LogP contribution in [-0.4, -0.2) is 31.0 Å². The van der Waals surface area contributed by atoms with Crippen LogP contribution in [0, 0.1) is 0 Å². The topological polar surface area (TPSA) is 36.4 Å². The van der Waals surface area contributed by atoms with E-state index < -0.39 is 11.7 Å². The molecule has 1 aromatic heterocycles. The maximum atomic E-state index is 13.2. The molecule has 2 heterocycles. The van der Waals surface area contributed by atoms with Gasteiger partial charge in [0, 0.05) is 38.1 Å². The molecule has 0 N–H and O–H groups in total. The second-order valence-corrected chi connectivity index (χ2v) is 6.35. The van der Waals surface area contributed by atoms with Crippen LogP contribution in [0.3, 0.4) is 0 Å². The largest absolute Gasteiger partial charge is 0.416 e. The van der Waals surface area contributed by atoms with Gasteiger partial charge in [0.15, 0.2) is 0 Å². The van der Waals surface area contributed by atoms with Gasteiger partial charge in [-0.25, -0.2) is 0 Å². The van der Waals surface area contributed by atoms with Crippen LogP contribution in [0.5, 0.6) is 0 Å². The molecule has 26 heavy (non-hydrogen) atoms. The molecule has 138 valence electrons. The van der Waals surface area contributed by atoms with Crippen LogP contribution in [0.15, 0.2) is 42.7 Å². The molecule has 1 aliphatic heterocycles. The van der Waals surface area contributed by atoms with Gasteiger partial charge < -0.3 is 9.80 Å². The molecule has 1 amide bonds. The van der Waals surface area contributed by atoms with Crippen molar-refractivity contribution in [3.63, 3.8) is 0 Å². The summed E-state index contributed by atoms with van der Waals surface area (Å²) in [5.41, 5.74) is 0.540. The highest BCUT2D eigenvalue weighted by molar-refractivity contribution is 6.07. The Hall–Kier alpha value is -2.57. The Kier molecular flexibility index (Phi) is 5.15. The van der Waals surface area contributed by atoms with E-state index in [1.54, 1.807) is 12.1 Å². The minimum absolute atomic E-state index is 0.267. The van der Waals surface area contributed by atoms with E-state index >= 15 is 0 Å². The number of halogens is 3. The number of aromatic nitrogens is 1. The van der Waals surface area contributed by atoms with E-state index in [9.17, 15) is 18.0 Å². The second kappa shape index (κ2) is 7.35. The van der Waals surface area contributed by atoms with E-state index in [2.05, 4.69) is 9.88 Å². The Labute approximate surface area is 150 Å². The Balaban J connectivity index is 2.02. The SMILES string of the molecule is CN(C(=O)c1ccncc1)c1cc(C(F)(F)F)ccc1N1CCCCC1. The van der Waals surface area contributed by atoms with Crippen LogP contribution in [0.25, 0.3) is 0 Å². The monoisotopic (exact) mass is 363 g/mol. The average molecular weight is 363 g/mol. The third kappa shape index (κ3) is 3.81. The van der Waals surface area contributed by atoms with Gasteiger partial charge in [0.25, 0.3) is 5.91 Å². The highest BCUT2D eigenvalue weighted by atomic mass is 19.4. The van der Waals surface area contributed by atoms with Gasteiger partial charge in [-0.15, -0.1) is 0 Å². The fraction of sp³-hybridized carbons (Fsp3) is 0.368. The molecule has 1 aliphatic rings. The zero-order chi connectivity index (χ0) is 18.7. The molecule has 0 saturated carbocycles. The van der Waals surface area contributed by atoms with Gasteiger partial charge in [-0.2, -0.15) is 13.2 Å². The maximum Gasteiger partial charge on any atom is 0.416 e. The molecule has 0 unspecified atom stereocenters. The van der Waals surface area contributed by atoms with Gasteiger partial charge >= 0.3 is 6.18 Å². The van der Waals surface area contributed by atoms with Crippen LogP contribution >= 0.6 is 0 Å². The average Bonchev–Trinajstić information content (AvgIpc) is 2.67. The predicted octanol–water partition coefficient (Wildman–Crippen LogP) is 4.37. The summed E-state index contributed by atoms with van der Waals surface area (Å²) in [7, 11) is 1.51. The summed E-state index contributed by atoms with van der Waals surface area (Å²) in [5, 5.41) is 0. The zero-order valence-electron chi connectivity index (χ0n) is 14.5. The lowest BCUT2D eigenvalue weighted by Crippen LogP contribution is -2.33. The molecule has 0 atom stereocenters. The number of hydrogen-bond acceptors (Lipinski definition) is 3. The molecule has 1 aromatic carbocycles. The van der Waals surface area contributed by atoms with Crippen LogP contribution in [-0.2, 0) is 6.18 Å². The normalized spacial score (nSPS) is 15.0. The predicted molar refractivity (Wildman–Crippen MR) is 94.5 cm³/mol. The second-order valence-electron chi connectivity index (χ2n) is 6.35. The van der Waals surface area contributed by atoms with E-state index in [-0.39, 0.29) is 11.6 Å². The van der Waals surface area contributed by atoms with Crippen molar-refractivity contribution >= 4 is 17.3 Å². The van der Waals surface area contributed by atoms with Crippen molar-refractivity contribution < 1.29 is 18.0 Å². The number of anilines is 2. The number of benzene rings is 1. The van der Waals surface area contributed by atoms with Crippen molar-refractivity contribution in [2.45, 2.75) is 25.4 Å². The lowest BCUT2D eigenvalue weighted by molar-refractivity contribution is -0.137. The number of pyridine rings is 1. The first kappa shape index (κ1) is 18.2. The molecule has 2 aromatic rings. The quantitative estimate of drug-likeness (QED) is 0.813. The molecule has 0 aliphatic carbocycles. The summed E-state index contributed by atoms with van der Waals surface area (Å²) in [6, 6.07) is 6.71. The van der Waals surface area contributed by atoms with Crippen molar-refractivity contribution in [2.75, 3.05) is 29.9 Å². The minimum Gasteiger partial charge on any atom is -0.370 e. The number of carbonyl (C=O) groups excluding carboxylic acids is 1. The third-order valence-corrected chi connectivity index (χ3v) is 4.59. The summed E-state index contributed by atoms with van der Waals surface area (Å²) < 4.78 is 39.6. The van der Waals surface area contributed by atoms with Crippen molar-refractivity contribution in [3.8, 4) is 0 Å². The van der Waals surface area contributed by atoms with Gasteiger partial charge in [0.05, 0.1) is 16.9 Å². The van der Waals surface area contributed by atoms with Crippen LogP contribution < -0.4 is 9.80 Å². The smallest absolute Gasteiger partial charge is 0.370 e. The van der Waals surface area contributed by atoms with Crippen molar-refractivity contribution in [1.29, 1.82) is 0 Å². The molecule has 7 heteroatoms. The molecular weight excluding hydrogens is 343 g/mol. The summed E-state index contributed by atoms with van der Waals surface area (Å²) in [6.07, 6.45) is 1.59. The van der Waals surface area contributed by atoms with Gasteiger partial charge in [-0.3, -0.25) is 9.78 Å². The van der Waals surface area contributed by atoms with Gasteiger partial charge in [-0.1, -0.05) is 0 Å². The summed E-state index contributed by atoms with van der Waals surface area (Å²) in [6.45, 7) is 1.55. The number of rotatable bonds is 3. The van der Waals surface area contributed by atoms with E-state index in [0.717, 1.165) is 44.5 Å². The Morgan fingerprint density at radius 2 is 1.73 bits per heavy atom. The van der Waals surface area contributed by atoms with Gasteiger partial charge in [-0.05, 0) is 49.6 Å². The molecule has 1 saturated heterocycles. The molecule has 3 rings (SSSR count). The number of alkyl halides is 3. The van der Waals surface area contributed by atoms with Crippen molar-refractivity contribution in [2.24, 2.45) is 0 Å². The van der Waals surface area contributed by atoms with E-state index in [4.69, 9.17) is 0 Å². The zero-order valence-corrected chi connectivity index (χ0v) is 14.5. The maximum absolute atomic E-state index is 13.2. The Morgan fingerprint density at radius 3 is 2.35 bits per heavy atom. The Morgan fingerprint density at radius 1 is 1.08 bits per heavy atom. The Bertz CT molecular complexity index is 771. The molecule has 0 radical (unpaired) electrons.